The predicted octanol–water partition coefficient (Wildman–Crippen LogP) is 3.57. The summed E-state index contributed by atoms with van der Waals surface area (Å²) in [6, 6.07) is 7.83. The Labute approximate surface area is 103 Å². The number of nitrogens with one attached hydrogen (secondary N) is 1. The lowest BCUT2D eigenvalue weighted by atomic mass is 9.84. The molecular weight excluding hydrogens is 213 g/mol. The first-order chi connectivity index (χ1) is 8.08. The van der Waals surface area contributed by atoms with Crippen LogP contribution in [0, 0.1) is 12.8 Å². The van der Waals surface area contributed by atoms with E-state index in [-0.39, 0.29) is 0 Å². The van der Waals surface area contributed by atoms with Gasteiger partial charge in [0.2, 0.25) is 0 Å². The SMILES string of the molecule is Cc1ccc(C(C)(F)CC2CCCNC2)cc1. The van der Waals surface area contributed by atoms with Gasteiger partial charge in [0.1, 0.15) is 5.67 Å². The molecule has 1 heterocycles. The summed E-state index contributed by atoms with van der Waals surface area (Å²) in [5, 5.41) is 3.35. The fourth-order valence-electron chi connectivity index (χ4n) is 2.66. The molecule has 2 rings (SSSR count). The molecule has 0 amide bonds. The lowest BCUT2D eigenvalue weighted by Gasteiger charge is -2.29. The van der Waals surface area contributed by atoms with E-state index in [2.05, 4.69) is 5.32 Å². The molecule has 1 aromatic rings. The Bertz CT molecular complexity index is 350. The average molecular weight is 235 g/mol. The van der Waals surface area contributed by atoms with E-state index in [1.165, 1.54) is 12.0 Å². The van der Waals surface area contributed by atoms with Crippen LogP contribution in [0.2, 0.25) is 0 Å². The Kier molecular flexibility index (Phi) is 3.82. The van der Waals surface area contributed by atoms with Crippen molar-refractivity contribution in [3.63, 3.8) is 0 Å². The monoisotopic (exact) mass is 235 g/mol. The first-order valence-corrected chi connectivity index (χ1v) is 6.55. The van der Waals surface area contributed by atoms with Crippen molar-refractivity contribution in [1.82, 2.24) is 5.32 Å². The summed E-state index contributed by atoms with van der Waals surface area (Å²) in [7, 11) is 0. The summed E-state index contributed by atoms with van der Waals surface area (Å²) >= 11 is 0. The zero-order valence-corrected chi connectivity index (χ0v) is 10.8. The van der Waals surface area contributed by atoms with Crippen LogP contribution < -0.4 is 5.32 Å². The van der Waals surface area contributed by atoms with E-state index in [4.69, 9.17) is 0 Å². The Balaban J connectivity index is 2.04. The van der Waals surface area contributed by atoms with Crippen LogP contribution in [0.15, 0.2) is 24.3 Å². The molecule has 0 radical (unpaired) electrons. The lowest BCUT2D eigenvalue weighted by Crippen LogP contribution is -2.33. The Morgan fingerprint density at radius 3 is 2.65 bits per heavy atom. The van der Waals surface area contributed by atoms with E-state index >= 15 is 0 Å². The predicted molar refractivity (Wildman–Crippen MR) is 69.8 cm³/mol. The summed E-state index contributed by atoms with van der Waals surface area (Å²) in [4.78, 5) is 0. The Morgan fingerprint density at radius 1 is 1.35 bits per heavy atom. The van der Waals surface area contributed by atoms with Gasteiger partial charge in [-0.15, -0.1) is 0 Å². The minimum Gasteiger partial charge on any atom is -0.316 e. The van der Waals surface area contributed by atoms with Crippen molar-refractivity contribution in [3.05, 3.63) is 35.4 Å². The third kappa shape index (κ3) is 3.29. The second kappa shape index (κ2) is 5.18. The van der Waals surface area contributed by atoms with Crippen LogP contribution in [0.5, 0.6) is 0 Å². The highest BCUT2D eigenvalue weighted by Gasteiger charge is 2.30. The third-order valence-electron chi connectivity index (χ3n) is 3.72. The van der Waals surface area contributed by atoms with Crippen molar-refractivity contribution >= 4 is 0 Å². The van der Waals surface area contributed by atoms with E-state index in [9.17, 15) is 4.39 Å². The lowest BCUT2D eigenvalue weighted by molar-refractivity contribution is 0.134. The number of piperidine rings is 1. The van der Waals surface area contributed by atoms with E-state index in [0.717, 1.165) is 25.1 Å². The van der Waals surface area contributed by atoms with Gasteiger partial charge in [0.05, 0.1) is 0 Å². The molecule has 94 valence electrons. The van der Waals surface area contributed by atoms with Crippen LogP contribution in [0.25, 0.3) is 0 Å². The molecule has 1 saturated heterocycles. The smallest absolute Gasteiger partial charge is 0.133 e. The molecule has 1 aromatic carbocycles. The van der Waals surface area contributed by atoms with Crippen molar-refractivity contribution in [2.75, 3.05) is 13.1 Å². The molecule has 1 nitrogen and oxygen atoms in total. The molecule has 2 heteroatoms. The summed E-state index contributed by atoms with van der Waals surface area (Å²) in [6.07, 6.45) is 2.95. The van der Waals surface area contributed by atoms with Gasteiger partial charge in [0, 0.05) is 0 Å². The van der Waals surface area contributed by atoms with E-state index < -0.39 is 5.67 Å². The maximum absolute atomic E-state index is 14.7. The van der Waals surface area contributed by atoms with Gasteiger partial charge in [-0.2, -0.15) is 0 Å². The van der Waals surface area contributed by atoms with Crippen LogP contribution in [0.1, 0.15) is 37.3 Å². The highest BCUT2D eigenvalue weighted by atomic mass is 19.1. The van der Waals surface area contributed by atoms with Crippen LogP contribution in [-0.4, -0.2) is 13.1 Å². The number of alkyl halides is 1. The quantitative estimate of drug-likeness (QED) is 0.844. The third-order valence-corrected chi connectivity index (χ3v) is 3.72. The molecule has 0 bridgehead atoms. The molecule has 0 saturated carbocycles. The highest BCUT2D eigenvalue weighted by molar-refractivity contribution is 5.26. The maximum Gasteiger partial charge on any atom is 0.133 e. The molecule has 0 aromatic heterocycles. The Morgan fingerprint density at radius 2 is 2.06 bits per heavy atom. The minimum atomic E-state index is -1.20. The highest BCUT2D eigenvalue weighted by Crippen LogP contribution is 2.34. The molecule has 17 heavy (non-hydrogen) atoms. The van der Waals surface area contributed by atoms with E-state index in [0.29, 0.717) is 12.3 Å². The average Bonchev–Trinajstić information content (AvgIpc) is 2.30. The maximum atomic E-state index is 14.7. The molecule has 1 fully saturated rings. The first-order valence-electron chi connectivity index (χ1n) is 6.55. The normalized spacial score (nSPS) is 24.3. The summed E-state index contributed by atoms with van der Waals surface area (Å²) in [6.45, 7) is 5.80. The molecular formula is C15H22FN. The Hall–Kier alpha value is -0.890. The molecule has 2 atom stereocenters. The number of halogens is 1. The molecule has 2 unspecified atom stereocenters. The molecule has 0 spiro atoms. The molecule has 1 N–H and O–H groups in total. The molecule has 1 aliphatic heterocycles. The summed E-state index contributed by atoms with van der Waals surface area (Å²) in [5.74, 6) is 0.472. The number of rotatable bonds is 3. The van der Waals surface area contributed by atoms with Crippen molar-refractivity contribution in [2.24, 2.45) is 5.92 Å². The summed E-state index contributed by atoms with van der Waals surface area (Å²) < 4.78 is 14.7. The largest absolute Gasteiger partial charge is 0.316 e. The van der Waals surface area contributed by atoms with E-state index in [1.54, 1.807) is 6.92 Å². The first kappa shape index (κ1) is 12.6. The van der Waals surface area contributed by atoms with Gasteiger partial charge in [-0.3, -0.25) is 0 Å². The number of benzene rings is 1. The van der Waals surface area contributed by atoms with Gasteiger partial charge >= 0.3 is 0 Å². The fourth-order valence-corrected chi connectivity index (χ4v) is 2.66. The van der Waals surface area contributed by atoms with Gasteiger partial charge in [-0.25, -0.2) is 4.39 Å². The molecule has 1 aliphatic rings. The topological polar surface area (TPSA) is 12.0 Å². The standard InChI is InChI=1S/C15H22FN/c1-12-5-7-14(8-6-12)15(2,16)10-13-4-3-9-17-11-13/h5-8,13,17H,3-4,9-11H2,1-2H3. The number of hydrogen-bond donors (Lipinski definition) is 1. The zero-order chi connectivity index (χ0) is 12.3. The summed E-state index contributed by atoms with van der Waals surface area (Å²) in [5.41, 5.74) is 0.801. The second-order valence-corrected chi connectivity index (χ2v) is 5.48. The van der Waals surface area contributed by atoms with Crippen molar-refractivity contribution in [1.29, 1.82) is 0 Å². The molecule has 0 aliphatic carbocycles. The van der Waals surface area contributed by atoms with Crippen LogP contribution in [0.4, 0.5) is 4.39 Å². The second-order valence-electron chi connectivity index (χ2n) is 5.48. The number of aryl methyl sites for hydroxylation is 1. The van der Waals surface area contributed by atoms with Gasteiger partial charge < -0.3 is 5.32 Å². The van der Waals surface area contributed by atoms with Crippen LogP contribution >= 0.6 is 0 Å². The van der Waals surface area contributed by atoms with Crippen LogP contribution in [0.3, 0.4) is 0 Å². The van der Waals surface area contributed by atoms with Crippen molar-refractivity contribution in [2.45, 2.75) is 38.8 Å². The van der Waals surface area contributed by atoms with Gasteiger partial charge in [-0.1, -0.05) is 29.8 Å². The zero-order valence-electron chi connectivity index (χ0n) is 10.8. The fraction of sp³-hybridized carbons (Fsp3) is 0.600. The van der Waals surface area contributed by atoms with Gasteiger partial charge in [0.15, 0.2) is 0 Å². The van der Waals surface area contributed by atoms with Crippen molar-refractivity contribution in [3.8, 4) is 0 Å². The van der Waals surface area contributed by atoms with Gasteiger partial charge in [-0.05, 0) is 57.7 Å². The number of hydrogen-bond acceptors (Lipinski definition) is 1. The minimum absolute atomic E-state index is 0.472. The van der Waals surface area contributed by atoms with Crippen molar-refractivity contribution < 1.29 is 4.39 Å². The van der Waals surface area contributed by atoms with E-state index in [1.807, 2.05) is 31.2 Å². The van der Waals surface area contributed by atoms with Crippen LogP contribution in [-0.2, 0) is 5.67 Å². The van der Waals surface area contributed by atoms with Gasteiger partial charge in [0.25, 0.3) is 0 Å².